The van der Waals surface area contributed by atoms with Crippen molar-refractivity contribution in [3.05, 3.63) is 53.9 Å². The van der Waals surface area contributed by atoms with Crippen LogP contribution in [0.15, 0.2) is 51.3 Å². The molecule has 0 amide bonds. The van der Waals surface area contributed by atoms with Crippen molar-refractivity contribution in [2.24, 2.45) is 0 Å². The van der Waals surface area contributed by atoms with Gasteiger partial charge in [0.05, 0.1) is 6.10 Å². The van der Waals surface area contributed by atoms with Gasteiger partial charge in [0.15, 0.2) is 5.76 Å². The second-order valence-corrected chi connectivity index (χ2v) is 6.19. The molecule has 0 radical (unpaired) electrons. The molecular formula is C20H19N3O4. The minimum Gasteiger partial charge on any atom is -0.486 e. The van der Waals surface area contributed by atoms with Gasteiger partial charge in [-0.25, -0.2) is 0 Å². The number of benzene rings is 1. The van der Waals surface area contributed by atoms with E-state index in [2.05, 4.69) is 10.3 Å². The summed E-state index contributed by atoms with van der Waals surface area (Å²) >= 11 is 0. The Morgan fingerprint density at radius 1 is 1.19 bits per heavy atom. The van der Waals surface area contributed by atoms with Crippen LogP contribution in [0, 0.1) is 11.3 Å². The third-order valence-corrected chi connectivity index (χ3v) is 4.24. The number of hydrogen-bond acceptors (Lipinski definition) is 7. The van der Waals surface area contributed by atoms with Crippen molar-refractivity contribution in [2.75, 3.05) is 18.5 Å². The van der Waals surface area contributed by atoms with E-state index in [0.29, 0.717) is 30.6 Å². The normalized spacial score (nSPS) is 16.2. The van der Waals surface area contributed by atoms with Gasteiger partial charge < -0.3 is 23.6 Å². The van der Waals surface area contributed by atoms with Gasteiger partial charge in [-0.05, 0) is 37.1 Å². The molecule has 0 bridgehead atoms. The highest BCUT2D eigenvalue weighted by atomic mass is 16.5. The average Bonchev–Trinajstić information content (AvgIpc) is 3.45. The number of nitrogens with one attached hydrogen (secondary N) is 1. The molecule has 0 spiro atoms. The van der Waals surface area contributed by atoms with Crippen LogP contribution >= 0.6 is 0 Å². The monoisotopic (exact) mass is 365 g/mol. The number of nitrogens with zero attached hydrogens (tertiary/aromatic N) is 2. The molecule has 4 rings (SSSR count). The first-order chi connectivity index (χ1) is 13.3. The third kappa shape index (κ3) is 4.13. The Kier molecular flexibility index (Phi) is 5.08. The zero-order valence-corrected chi connectivity index (χ0v) is 14.7. The van der Waals surface area contributed by atoms with Crippen LogP contribution in [-0.4, -0.2) is 24.2 Å². The fourth-order valence-electron chi connectivity index (χ4n) is 2.87. The molecule has 7 nitrogen and oxygen atoms in total. The fraction of sp³-hybridized carbons (Fsp3) is 0.300. The number of oxazole rings is 1. The third-order valence-electron chi connectivity index (χ3n) is 4.24. The number of furan rings is 1. The largest absolute Gasteiger partial charge is 0.486 e. The van der Waals surface area contributed by atoms with Crippen molar-refractivity contribution in [1.82, 2.24) is 4.98 Å². The Morgan fingerprint density at radius 2 is 2.07 bits per heavy atom. The minimum absolute atomic E-state index is 0.135. The highest BCUT2D eigenvalue weighted by molar-refractivity contribution is 5.54. The zero-order chi connectivity index (χ0) is 18.5. The van der Waals surface area contributed by atoms with Crippen LogP contribution in [0.5, 0.6) is 5.75 Å². The van der Waals surface area contributed by atoms with Crippen LogP contribution in [0.3, 0.4) is 0 Å². The molecular weight excluding hydrogens is 346 g/mol. The van der Waals surface area contributed by atoms with Crippen molar-refractivity contribution < 1.29 is 18.3 Å². The Bertz CT molecular complexity index is 920. The van der Waals surface area contributed by atoms with Crippen LogP contribution in [-0.2, 0) is 11.3 Å². The first kappa shape index (κ1) is 17.2. The lowest BCUT2D eigenvalue weighted by molar-refractivity contribution is 0.120. The number of rotatable bonds is 7. The molecule has 7 heteroatoms. The Balaban J connectivity index is 1.42. The van der Waals surface area contributed by atoms with Gasteiger partial charge >= 0.3 is 0 Å². The molecule has 0 aliphatic carbocycles. The fourth-order valence-corrected chi connectivity index (χ4v) is 2.87. The molecule has 1 N–H and O–H groups in total. The van der Waals surface area contributed by atoms with E-state index in [1.807, 2.05) is 36.4 Å². The van der Waals surface area contributed by atoms with E-state index in [-0.39, 0.29) is 17.7 Å². The number of para-hydroxylation sites is 1. The molecule has 1 fully saturated rings. The van der Waals surface area contributed by atoms with Gasteiger partial charge in [-0.1, -0.05) is 18.2 Å². The van der Waals surface area contributed by atoms with Crippen molar-refractivity contribution in [3.63, 3.8) is 0 Å². The van der Waals surface area contributed by atoms with Gasteiger partial charge in [-0.2, -0.15) is 10.2 Å². The van der Waals surface area contributed by atoms with Gasteiger partial charge in [-0.15, -0.1) is 0 Å². The summed E-state index contributed by atoms with van der Waals surface area (Å²) in [6.07, 6.45) is 2.19. The minimum atomic E-state index is 0.135. The van der Waals surface area contributed by atoms with E-state index < -0.39 is 0 Å². The maximum atomic E-state index is 9.29. The molecule has 0 unspecified atom stereocenters. The lowest BCUT2D eigenvalue weighted by atomic mass is 10.2. The van der Waals surface area contributed by atoms with Crippen LogP contribution in [0.2, 0.25) is 0 Å². The van der Waals surface area contributed by atoms with Gasteiger partial charge in [0.2, 0.25) is 11.6 Å². The van der Waals surface area contributed by atoms with E-state index in [9.17, 15) is 5.26 Å². The van der Waals surface area contributed by atoms with E-state index in [1.165, 1.54) is 0 Å². The van der Waals surface area contributed by atoms with Crippen LogP contribution < -0.4 is 10.1 Å². The van der Waals surface area contributed by atoms with Gasteiger partial charge in [0.1, 0.15) is 24.2 Å². The summed E-state index contributed by atoms with van der Waals surface area (Å²) in [5.41, 5.74) is 0.196. The van der Waals surface area contributed by atoms with Crippen LogP contribution in [0.4, 0.5) is 5.88 Å². The van der Waals surface area contributed by atoms with Crippen LogP contribution in [0.25, 0.3) is 11.7 Å². The number of ether oxygens (including phenoxy) is 2. The quantitative estimate of drug-likeness (QED) is 0.677. The van der Waals surface area contributed by atoms with Gasteiger partial charge in [-0.3, -0.25) is 0 Å². The summed E-state index contributed by atoms with van der Waals surface area (Å²) < 4.78 is 22.7. The summed E-state index contributed by atoms with van der Waals surface area (Å²) in [6, 6.07) is 15.1. The molecule has 1 aliphatic rings. The van der Waals surface area contributed by atoms with Crippen molar-refractivity contribution in [3.8, 4) is 23.5 Å². The Morgan fingerprint density at radius 3 is 2.85 bits per heavy atom. The van der Waals surface area contributed by atoms with Crippen LogP contribution in [0.1, 0.15) is 24.3 Å². The predicted octanol–water partition coefficient (Wildman–Crippen LogP) is 3.98. The molecule has 2 aromatic heterocycles. The first-order valence-electron chi connectivity index (χ1n) is 8.85. The maximum absolute atomic E-state index is 9.29. The van der Waals surface area contributed by atoms with E-state index >= 15 is 0 Å². The van der Waals surface area contributed by atoms with Crippen molar-refractivity contribution >= 4 is 5.88 Å². The molecule has 27 heavy (non-hydrogen) atoms. The Labute approximate surface area is 156 Å². The van der Waals surface area contributed by atoms with E-state index in [0.717, 1.165) is 25.2 Å². The Hall–Kier alpha value is -3.24. The second kappa shape index (κ2) is 7.98. The SMILES string of the molecule is N#Cc1nc(-c2ccc(COc3ccccc3)o2)oc1NC[C@H]1CCCO1. The molecule has 0 saturated carbocycles. The van der Waals surface area contributed by atoms with E-state index in [1.54, 1.807) is 12.1 Å². The topological polar surface area (TPSA) is 93.5 Å². The summed E-state index contributed by atoms with van der Waals surface area (Å²) in [4.78, 5) is 4.21. The number of nitriles is 1. The number of aromatic nitrogens is 1. The summed E-state index contributed by atoms with van der Waals surface area (Å²) in [6.45, 7) is 1.65. The zero-order valence-electron chi connectivity index (χ0n) is 14.7. The summed E-state index contributed by atoms with van der Waals surface area (Å²) in [7, 11) is 0. The molecule has 138 valence electrons. The standard InChI is InChI=1S/C20H19N3O4/c21-11-17-19(22-12-15-7-4-10-24-15)27-20(23-17)18-9-8-16(26-18)13-25-14-5-2-1-3-6-14/h1-3,5-6,8-9,15,22H,4,7,10,12-13H2/t15-/m1/s1. The number of anilines is 1. The van der Waals surface area contributed by atoms with Crippen molar-refractivity contribution in [2.45, 2.75) is 25.6 Å². The van der Waals surface area contributed by atoms with E-state index in [4.69, 9.17) is 18.3 Å². The molecule has 3 heterocycles. The predicted molar refractivity (Wildman–Crippen MR) is 97.2 cm³/mol. The maximum Gasteiger partial charge on any atom is 0.266 e. The van der Waals surface area contributed by atoms with Gasteiger partial charge in [0.25, 0.3) is 5.89 Å². The summed E-state index contributed by atoms with van der Waals surface area (Å²) in [5, 5.41) is 12.4. The van der Waals surface area contributed by atoms with Crippen molar-refractivity contribution in [1.29, 1.82) is 5.26 Å². The average molecular weight is 365 g/mol. The highest BCUT2D eigenvalue weighted by Crippen LogP contribution is 2.28. The summed E-state index contributed by atoms with van der Waals surface area (Å²) in [5.74, 6) is 2.44. The molecule has 1 aliphatic heterocycles. The molecule has 3 aromatic rings. The lowest BCUT2D eigenvalue weighted by Crippen LogP contribution is -2.18. The highest BCUT2D eigenvalue weighted by Gasteiger charge is 2.20. The molecule has 1 aromatic carbocycles. The number of hydrogen-bond donors (Lipinski definition) is 1. The smallest absolute Gasteiger partial charge is 0.266 e. The lowest BCUT2D eigenvalue weighted by Gasteiger charge is -2.09. The molecule has 1 atom stereocenters. The molecule has 1 saturated heterocycles. The van der Waals surface area contributed by atoms with Gasteiger partial charge in [0, 0.05) is 13.2 Å². The first-order valence-corrected chi connectivity index (χ1v) is 8.85. The second-order valence-electron chi connectivity index (χ2n) is 6.19.